The van der Waals surface area contributed by atoms with Crippen LogP contribution in [0.1, 0.15) is 5.56 Å². The molecule has 0 radical (unpaired) electrons. The van der Waals surface area contributed by atoms with Crippen molar-refractivity contribution in [2.24, 2.45) is 0 Å². The number of benzene rings is 1. The SMILES string of the molecule is Fc1ccccc1OCc1cn[nH]c1. The third-order valence-electron chi connectivity index (χ3n) is 1.79. The van der Waals surface area contributed by atoms with Crippen molar-refractivity contribution in [3.63, 3.8) is 0 Å². The molecule has 1 aromatic carbocycles. The number of hydrogen-bond donors (Lipinski definition) is 1. The Hall–Kier alpha value is -1.84. The van der Waals surface area contributed by atoms with Crippen LogP contribution in [-0.2, 0) is 6.61 Å². The summed E-state index contributed by atoms with van der Waals surface area (Å²) in [5, 5.41) is 6.42. The highest BCUT2D eigenvalue weighted by atomic mass is 19.1. The Kier molecular flexibility index (Phi) is 2.44. The molecule has 0 aliphatic rings. The van der Waals surface area contributed by atoms with Gasteiger partial charge >= 0.3 is 0 Å². The summed E-state index contributed by atoms with van der Waals surface area (Å²) in [6.45, 7) is 0.317. The lowest BCUT2D eigenvalue weighted by Crippen LogP contribution is -1.95. The van der Waals surface area contributed by atoms with Gasteiger partial charge in [-0.3, -0.25) is 5.10 Å². The first kappa shape index (κ1) is 8.74. The summed E-state index contributed by atoms with van der Waals surface area (Å²) in [5.41, 5.74) is 0.883. The van der Waals surface area contributed by atoms with Gasteiger partial charge in [0.1, 0.15) is 6.61 Å². The van der Waals surface area contributed by atoms with Crippen molar-refractivity contribution in [2.75, 3.05) is 0 Å². The van der Waals surface area contributed by atoms with Crippen molar-refractivity contribution >= 4 is 0 Å². The van der Waals surface area contributed by atoms with Crippen LogP contribution in [0, 0.1) is 5.82 Å². The Morgan fingerprint density at radius 2 is 2.21 bits per heavy atom. The second kappa shape index (κ2) is 3.91. The molecule has 1 aromatic heterocycles. The third kappa shape index (κ3) is 1.90. The van der Waals surface area contributed by atoms with Gasteiger partial charge in [0.2, 0.25) is 0 Å². The van der Waals surface area contributed by atoms with Gasteiger partial charge < -0.3 is 4.74 Å². The predicted molar refractivity (Wildman–Crippen MR) is 49.3 cm³/mol. The van der Waals surface area contributed by atoms with Crippen molar-refractivity contribution in [1.29, 1.82) is 0 Å². The van der Waals surface area contributed by atoms with Crippen LogP contribution in [0.2, 0.25) is 0 Å². The Morgan fingerprint density at radius 1 is 1.36 bits per heavy atom. The second-order valence-corrected chi connectivity index (χ2v) is 2.83. The zero-order chi connectivity index (χ0) is 9.80. The summed E-state index contributed by atoms with van der Waals surface area (Å²) in [6, 6.07) is 6.31. The van der Waals surface area contributed by atoms with Gasteiger partial charge in [-0.25, -0.2) is 4.39 Å². The number of rotatable bonds is 3. The number of hydrogen-bond acceptors (Lipinski definition) is 2. The van der Waals surface area contributed by atoms with Crippen LogP contribution in [0.5, 0.6) is 5.75 Å². The Balaban J connectivity index is 2.02. The number of nitrogens with one attached hydrogen (secondary N) is 1. The first-order chi connectivity index (χ1) is 6.86. The minimum Gasteiger partial charge on any atom is -0.486 e. The molecular weight excluding hydrogens is 183 g/mol. The molecule has 0 saturated carbocycles. The Bertz CT molecular complexity index is 400. The average molecular weight is 192 g/mol. The summed E-state index contributed by atoms with van der Waals surface area (Å²) < 4.78 is 18.3. The molecule has 0 unspecified atom stereocenters. The molecule has 0 bridgehead atoms. The minimum absolute atomic E-state index is 0.258. The highest BCUT2D eigenvalue weighted by Gasteiger charge is 2.01. The van der Waals surface area contributed by atoms with E-state index in [1.165, 1.54) is 6.07 Å². The number of aromatic amines is 1. The normalized spacial score (nSPS) is 10.1. The molecule has 0 saturated heterocycles. The molecule has 72 valence electrons. The average Bonchev–Trinajstić information content (AvgIpc) is 2.69. The van der Waals surface area contributed by atoms with E-state index >= 15 is 0 Å². The fourth-order valence-electron chi connectivity index (χ4n) is 1.08. The first-order valence-corrected chi connectivity index (χ1v) is 4.21. The first-order valence-electron chi connectivity index (χ1n) is 4.21. The van der Waals surface area contributed by atoms with Crippen LogP contribution in [0.4, 0.5) is 4.39 Å². The monoisotopic (exact) mass is 192 g/mol. The van der Waals surface area contributed by atoms with E-state index in [0.29, 0.717) is 6.61 Å². The number of aromatic nitrogens is 2. The molecule has 4 heteroatoms. The van der Waals surface area contributed by atoms with Crippen LogP contribution in [-0.4, -0.2) is 10.2 Å². The van der Waals surface area contributed by atoms with Crippen LogP contribution in [0.3, 0.4) is 0 Å². The Morgan fingerprint density at radius 3 is 2.93 bits per heavy atom. The zero-order valence-corrected chi connectivity index (χ0v) is 7.40. The van der Waals surface area contributed by atoms with Gasteiger partial charge in [0.25, 0.3) is 0 Å². The molecule has 14 heavy (non-hydrogen) atoms. The maximum atomic E-state index is 13.1. The molecule has 0 fully saturated rings. The molecule has 0 spiro atoms. The van der Waals surface area contributed by atoms with Crippen LogP contribution < -0.4 is 4.74 Å². The van der Waals surface area contributed by atoms with Gasteiger partial charge in [-0.05, 0) is 12.1 Å². The second-order valence-electron chi connectivity index (χ2n) is 2.83. The van der Waals surface area contributed by atoms with E-state index in [2.05, 4.69) is 10.2 Å². The van der Waals surface area contributed by atoms with Crippen molar-refractivity contribution in [3.05, 3.63) is 48.0 Å². The van der Waals surface area contributed by atoms with Gasteiger partial charge in [-0.2, -0.15) is 5.10 Å². The van der Waals surface area contributed by atoms with E-state index in [1.807, 2.05) is 0 Å². The van der Waals surface area contributed by atoms with E-state index in [-0.39, 0.29) is 11.6 Å². The van der Waals surface area contributed by atoms with Crippen molar-refractivity contribution in [2.45, 2.75) is 6.61 Å². The molecule has 1 N–H and O–H groups in total. The van der Waals surface area contributed by atoms with E-state index in [1.54, 1.807) is 30.6 Å². The fraction of sp³-hybridized carbons (Fsp3) is 0.100. The smallest absolute Gasteiger partial charge is 0.165 e. The van der Waals surface area contributed by atoms with Gasteiger partial charge in [0, 0.05) is 11.8 Å². The lowest BCUT2D eigenvalue weighted by atomic mass is 10.3. The lowest BCUT2D eigenvalue weighted by molar-refractivity contribution is 0.290. The maximum absolute atomic E-state index is 13.1. The third-order valence-corrected chi connectivity index (χ3v) is 1.79. The van der Waals surface area contributed by atoms with Gasteiger partial charge in [0.15, 0.2) is 11.6 Å². The molecule has 0 aliphatic carbocycles. The standard InChI is InChI=1S/C10H9FN2O/c11-9-3-1-2-4-10(9)14-7-8-5-12-13-6-8/h1-6H,7H2,(H,12,13). The predicted octanol–water partition coefficient (Wildman–Crippen LogP) is 2.13. The molecule has 2 rings (SSSR count). The topological polar surface area (TPSA) is 37.9 Å². The van der Waals surface area contributed by atoms with Crippen molar-refractivity contribution in [3.8, 4) is 5.75 Å². The Labute approximate surface area is 80.5 Å². The van der Waals surface area contributed by atoms with Gasteiger partial charge in [-0.15, -0.1) is 0 Å². The highest BCUT2D eigenvalue weighted by Crippen LogP contribution is 2.16. The number of para-hydroxylation sites is 1. The number of ether oxygens (including phenoxy) is 1. The fourth-order valence-corrected chi connectivity index (χ4v) is 1.08. The van der Waals surface area contributed by atoms with E-state index in [0.717, 1.165) is 5.56 Å². The van der Waals surface area contributed by atoms with Crippen LogP contribution in [0.25, 0.3) is 0 Å². The molecule has 1 heterocycles. The summed E-state index contributed by atoms with van der Waals surface area (Å²) in [7, 11) is 0. The minimum atomic E-state index is -0.351. The van der Waals surface area contributed by atoms with Crippen LogP contribution in [0.15, 0.2) is 36.7 Å². The van der Waals surface area contributed by atoms with E-state index < -0.39 is 0 Å². The molecule has 0 amide bonds. The number of halogens is 1. The summed E-state index contributed by atoms with van der Waals surface area (Å²) in [5.74, 6) is -0.0929. The lowest BCUT2D eigenvalue weighted by Gasteiger charge is -2.04. The maximum Gasteiger partial charge on any atom is 0.165 e. The van der Waals surface area contributed by atoms with E-state index in [4.69, 9.17) is 4.74 Å². The summed E-state index contributed by atoms with van der Waals surface area (Å²) in [6.07, 6.45) is 3.35. The van der Waals surface area contributed by atoms with Gasteiger partial charge in [0.05, 0.1) is 6.20 Å². The molecule has 3 nitrogen and oxygen atoms in total. The van der Waals surface area contributed by atoms with Crippen molar-refractivity contribution < 1.29 is 9.13 Å². The highest BCUT2D eigenvalue weighted by molar-refractivity contribution is 5.23. The number of H-pyrrole nitrogens is 1. The number of nitrogens with zero attached hydrogens (tertiary/aromatic N) is 1. The molecule has 0 aliphatic heterocycles. The largest absolute Gasteiger partial charge is 0.486 e. The molecular formula is C10H9FN2O. The molecule has 0 atom stereocenters. The summed E-state index contributed by atoms with van der Waals surface area (Å²) >= 11 is 0. The quantitative estimate of drug-likeness (QED) is 0.808. The van der Waals surface area contributed by atoms with Crippen molar-refractivity contribution in [1.82, 2.24) is 10.2 Å². The van der Waals surface area contributed by atoms with Crippen LogP contribution >= 0.6 is 0 Å². The summed E-state index contributed by atoms with van der Waals surface area (Å²) in [4.78, 5) is 0. The van der Waals surface area contributed by atoms with E-state index in [9.17, 15) is 4.39 Å². The molecule has 2 aromatic rings. The van der Waals surface area contributed by atoms with Gasteiger partial charge in [-0.1, -0.05) is 12.1 Å². The zero-order valence-electron chi connectivity index (χ0n) is 7.40.